The smallest absolute Gasteiger partial charge is 0.410 e. The molecule has 1 rings (SSSR count). The molecule has 0 aromatic heterocycles. The van der Waals surface area contributed by atoms with E-state index in [-0.39, 0.29) is 18.6 Å². The summed E-state index contributed by atoms with van der Waals surface area (Å²) in [5, 5.41) is 9.17. The molecule has 0 radical (unpaired) electrons. The lowest BCUT2D eigenvalue weighted by Crippen LogP contribution is -2.39. The molecule has 1 heterocycles. The Kier molecular flexibility index (Phi) is 4.59. The van der Waals surface area contributed by atoms with E-state index in [1.165, 1.54) is 0 Å². The number of carbonyl (C=O) groups is 1. The van der Waals surface area contributed by atoms with Crippen LogP contribution in [0.25, 0.3) is 0 Å². The molecule has 1 atom stereocenters. The van der Waals surface area contributed by atoms with Crippen LogP contribution in [0, 0.1) is 5.92 Å². The van der Waals surface area contributed by atoms with E-state index in [1.807, 2.05) is 20.8 Å². The predicted octanol–water partition coefficient (Wildman–Crippen LogP) is 2.02. The van der Waals surface area contributed by atoms with E-state index in [9.17, 15) is 4.79 Å². The minimum Gasteiger partial charge on any atom is -0.444 e. The number of hydrogen-bond donors (Lipinski definition) is 1. The van der Waals surface area contributed by atoms with Crippen LogP contribution < -0.4 is 0 Å². The molecule has 4 nitrogen and oxygen atoms in total. The van der Waals surface area contributed by atoms with Gasteiger partial charge in [-0.25, -0.2) is 4.79 Å². The highest BCUT2D eigenvalue weighted by molar-refractivity contribution is 5.68. The molecule has 0 spiro atoms. The van der Waals surface area contributed by atoms with E-state index in [2.05, 4.69) is 0 Å². The van der Waals surface area contributed by atoms with Gasteiger partial charge in [-0.2, -0.15) is 0 Å². The van der Waals surface area contributed by atoms with Crippen molar-refractivity contribution in [3.8, 4) is 0 Å². The zero-order valence-electron chi connectivity index (χ0n) is 10.5. The maximum atomic E-state index is 11.9. The van der Waals surface area contributed by atoms with Gasteiger partial charge in [-0.1, -0.05) is 6.42 Å². The van der Waals surface area contributed by atoms with Gasteiger partial charge in [0, 0.05) is 19.7 Å². The summed E-state index contributed by atoms with van der Waals surface area (Å²) in [4.78, 5) is 13.6. The summed E-state index contributed by atoms with van der Waals surface area (Å²) in [7, 11) is 0. The molecule has 1 aliphatic heterocycles. The average Bonchev–Trinajstić information content (AvgIpc) is 2.39. The number of nitrogens with zero attached hydrogens (tertiary/aromatic N) is 1. The van der Waals surface area contributed by atoms with Crippen LogP contribution in [0.4, 0.5) is 4.79 Å². The minimum atomic E-state index is -0.446. The molecule has 1 N–H and O–H groups in total. The van der Waals surface area contributed by atoms with Gasteiger partial charge >= 0.3 is 6.09 Å². The van der Waals surface area contributed by atoms with Gasteiger partial charge in [-0.3, -0.25) is 0 Å². The molecule has 0 aromatic carbocycles. The quantitative estimate of drug-likeness (QED) is 0.748. The highest BCUT2D eigenvalue weighted by atomic mass is 16.6. The summed E-state index contributed by atoms with van der Waals surface area (Å²) in [6.07, 6.45) is 2.81. The van der Waals surface area contributed by atoms with Crippen molar-refractivity contribution < 1.29 is 14.6 Å². The monoisotopic (exact) mass is 229 g/mol. The number of likely N-dealkylation sites (tertiary alicyclic amines) is 1. The maximum Gasteiger partial charge on any atom is 0.410 e. The van der Waals surface area contributed by atoms with Gasteiger partial charge in [-0.05, 0) is 39.5 Å². The number of hydrogen-bond acceptors (Lipinski definition) is 3. The van der Waals surface area contributed by atoms with E-state index in [0.29, 0.717) is 6.54 Å². The molecule has 16 heavy (non-hydrogen) atoms. The first-order valence-corrected chi connectivity index (χ1v) is 6.01. The average molecular weight is 229 g/mol. The third kappa shape index (κ3) is 4.39. The Hall–Kier alpha value is -0.770. The first kappa shape index (κ1) is 13.3. The zero-order chi connectivity index (χ0) is 12.2. The largest absolute Gasteiger partial charge is 0.444 e. The molecular formula is C12H23NO3. The van der Waals surface area contributed by atoms with Crippen LogP contribution in [-0.2, 0) is 4.74 Å². The Morgan fingerprint density at radius 1 is 1.44 bits per heavy atom. The van der Waals surface area contributed by atoms with Crippen molar-refractivity contribution in [2.75, 3.05) is 19.7 Å². The summed E-state index contributed by atoms with van der Waals surface area (Å²) in [5.74, 6) is 0.204. The van der Waals surface area contributed by atoms with Crippen molar-refractivity contribution in [1.82, 2.24) is 4.90 Å². The number of amides is 1. The highest BCUT2D eigenvalue weighted by Gasteiger charge is 2.25. The van der Waals surface area contributed by atoms with E-state index >= 15 is 0 Å². The van der Waals surface area contributed by atoms with Gasteiger partial charge in [0.1, 0.15) is 5.60 Å². The SMILES string of the molecule is CC(C)(C)OC(=O)N1CCCC[C@H](CO)C1. The normalized spacial score (nSPS) is 22.8. The van der Waals surface area contributed by atoms with Crippen molar-refractivity contribution in [3.05, 3.63) is 0 Å². The van der Waals surface area contributed by atoms with E-state index in [0.717, 1.165) is 25.8 Å². The van der Waals surface area contributed by atoms with Crippen molar-refractivity contribution in [2.24, 2.45) is 5.92 Å². The van der Waals surface area contributed by atoms with Gasteiger partial charge in [0.2, 0.25) is 0 Å². The van der Waals surface area contributed by atoms with Crippen LogP contribution in [-0.4, -0.2) is 41.4 Å². The minimum absolute atomic E-state index is 0.152. The van der Waals surface area contributed by atoms with Crippen molar-refractivity contribution in [2.45, 2.75) is 45.6 Å². The Morgan fingerprint density at radius 2 is 2.12 bits per heavy atom. The molecule has 0 aliphatic carbocycles. The third-order valence-corrected chi connectivity index (χ3v) is 2.68. The summed E-state index contributed by atoms with van der Waals surface area (Å²) in [6.45, 7) is 7.11. The van der Waals surface area contributed by atoms with Crippen LogP contribution in [0.5, 0.6) is 0 Å². The first-order valence-electron chi connectivity index (χ1n) is 6.01. The van der Waals surface area contributed by atoms with Crippen LogP contribution in [0.15, 0.2) is 0 Å². The lowest BCUT2D eigenvalue weighted by molar-refractivity contribution is 0.0218. The highest BCUT2D eigenvalue weighted by Crippen LogP contribution is 2.18. The number of ether oxygens (including phenoxy) is 1. The fraction of sp³-hybridized carbons (Fsp3) is 0.917. The molecule has 94 valence electrons. The number of carbonyl (C=O) groups excluding carboxylic acids is 1. The lowest BCUT2D eigenvalue weighted by Gasteiger charge is -2.27. The molecule has 0 unspecified atom stereocenters. The molecule has 0 saturated carbocycles. The molecule has 1 saturated heterocycles. The maximum absolute atomic E-state index is 11.9. The summed E-state index contributed by atoms with van der Waals surface area (Å²) < 4.78 is 5.33. The predicted molar refractivity (Wildman–Crippen MR) is 62.2 cm³/mol. The fourth-order valence-corrected chi connectivity index (χ4v) is 1.87. The van der Waals surface area contributed by atoms with Crippen LogP contribution in [0.3, 0.4) is 0 Å². The molecular weight excluding hydrogens is 206 g/mol. The second kappa shape index (κ2) is 5.53. The summed E-state index contributed by atoms with van der Waals surface area (Å²) >= 11 is 0. The number of aliphatic hydroxyl groups is 1. The molecule has 1 amide bonds. The van der Waals surface area contributed by atoms with Crippen molar-refractivity contribution >= 4 is 6.09 Å². The fourth-order valence-electron chi connectivity index (χ4n) is 1.87. The van der Waals surface area contributed by atoms with Gasteiger partial charge in [0.05, 0.1) is 0 Å². The van der Waals surface area contributed by atoms with Crippen molar-refractivity contribution in [3.63, 3.8) is 0 Å². The van der Waals surface area contributed by atoms with Gasteiger partial charge in [0.25, 0.3) is 0 Å². The third-order valence-electron chi connectivity index (χ3n) is 2.68. The van der Waals surface area contributed by atoms with E-state index in [1.54, 1.807) is 4.90 Å². The standard InChI is InChI=1S/C12H23NO3/c1-12(2,3)16-11(15)13-7-5-4-6-10(8-13)9-14/h10,14H,4-9H2,1-3H3/t10-/m0/s1. The van der Waals surface area contributed by atoms with Crippen LogP contribution >= 0.6 is 0 Å². The summed E-state index contributed by atoms with van der Waals surface area (Å²) in [5.41, 5.74) is -0.446. The molecule has 0 bridgehead atoms. The number of rotatable bonds is 1. The van der Waals surface area contributed by atoms with E-state index < -0.39 is 5.60 Å². The van der Waals surface area contributed by atoms with Gasteiger partial charge < -0.3 is 14.7 Å². The van der Waals surface area contributed by atoms with E-state index in [4.69, 9.17) is 9.84 Å². The van der Waals surface area contributed by atoms with Crippen LogP contribution in [0.2, 0.25) is 0 Å². The second-order valence-electron chi connectivity index (χ2n) is 5.47. The molecule has 1 aliphatic rings. The molecule has 4 heteroatoms. The zero-order valence-corrected chi connectivity index (χ0v) is 10.5. The van der Waals surface area contributed by atoms with Crippen molar-refractivity contribution in [1.29, 1.82) is 0 Å². The second-order valence-corrected chi connectivity index (χ2v) is 5.47. The molecule has 1 fully saturated rings. The Morgan fingerprint density at radius 3 is 2.69 bits per heavy atom. The summed E-state index contributed by atoms with van der Waals surface area (Å²) in [6, 6.07) is 0. The lowest BCUT2D eigenvalue weighted by atomic mass is 10.1. The Balaban J connectivity index is 2.53. The topological polar surface area (TPSA) is 49.8 Å². The van der Waals surface area contributed by atoms with Gasteiger partial charge in [-0.15, -0.1) is 0 Å². The Labute approximate surface area is 97.6 Å². The number of aliphatic hydroxyl groups excluding tert-OH is 1. The first-order chi connectivity index (χ1) is 7.42. The van der Waals surface area contributed by atoms with Crippen LogP contribution in [0.1, 0.15) is 40.0 Å². The van der Waals surface area contributed by atoms with Gasteiger partial charge in [0.15, 0.2) is 0 Å². The Bertz CT molecular complexity index is 235. The molecule has 0 aromatic rings.